The highest BCUT2D eigenvalue weighted by Gasteiger charge is 2.16. The number of hydrogen-bond donors (Lipinski definition) is 0. The number of aryl methyl sites for hydroxylation is 1. The summed E-state index contributed by atoms with van der Waals surface area (Å²) >= 11 is 0. The van der Waals surface area contributed by atoms with Crippen molar-refractivity contribution in [3.05, 3.63) is 29.8 Å². The van der Waals surface area contributed by atoms with Crippen LogP contribution in [0.5, 0.6) is 5.75 Å². The van der Waals surface area contributed by atoms with Crippen molar-refractivity contribution in [2.75, 3.05) is 0 Å². The summed E-state index contributed by atoms with van der Waals surface area (Å²) in [6.07, 6.45) is 7.70. The highest BCUT2D eigenvalue weighted by molar-refractivity contribution is 5.50. The molecule has 16 heavy (non-hydrogen) atoms. The van der Waals surface area contributed by atoms with E-state index in [0.717, 1.165) is 18.5 Å². The Morgan fingerprint density at radius 1 is 1.31 bits per heavy atom. The van der Waals surface area contributed by atoms with Gasteiger partial charge in [-0.25, -0.2) is 0 Å². The second kappa shape index (κ2) is 5.69. The van der Waals surface area contributed by atoms with Crippen molar-refractivity contribution < 1.29 is 9.53 Å². The predicted octanol–water partition coefficient (Wildman–Crippen LogP) is 3.14. The van der Waals surface area contributed by atoms with Crippen LogP contribution in [-0.4, -0.2) is 12.4 Å². The maximum absolute atomic E-state index is 10.3. The van der Waals surface area contributed by atoms with Crippen molar-refractivity contribution in [1.82, 2.24) is 0 Å². The first-order valence-corrected chi connectivity index (χ1v) is 6.08. The summed E-state index contributed by atoms with van der Waals surface area (Å²) < 4.78 is 5.91. The number of rotatable bonds is 5. The summed E-state index contributed by atoms with van der Waals surface area (Å²) in [6.45, 7) is 0. The molecule has 0 atom stereocenters. The number of carbonyl (C=O) groups excluding carboxylic acids is 1. The Morgan fingerprint density at radius 2 is 2.12 bits per heavy atom. The van der Waals surface area contributed by atoms with Gasteiger partial charge in [-0.05, 0) is 49.8 Å². The molecule has 1 saturated carbocycles. The van der Waals surface area contributed by atoms with E-state index in [-0.39, 0.29) is 0 Å². The fraction of sp³-hybridized carbons (Fsp3) is 0.500. The van der Waals surface area contributed by atoms with Gasteiger partial charge in [-0.2, -0.15) is 0 Å². The molecule has 0 saturated heterocycles. The van der Waals surface area contributed by atoms with Crippen LogP contribution in [0.25, 0.3) is 0 Å². The normalized spacial score (nSPS) is 16.2. The van der Waals surface area contributed by atoms with Gasteiger partial charge in [0.15, 0.2) is 0 Å². The largest absolute Gasteiger partial charge is 0.490 e. The summed E-state index contributed by atoms with van der Waals surface area (Å²) in [5.74, 6) is 0.954. The molecule has 0 heterocycles. The van der Waals surface area contributed by atoms with Gasteiger partial charge in [-0.15, -0.1) is 0 Å². The molecule has 1 aromatic rings. The molecule has 0 N–H and O–H groups in total. The number of hydrogen-bond acceptors (Lipinski definition) is 2. The van der Waals surface area contributed by atoms with Crippen LogP contribution in [0.3, 0.4) is 0 Å². The number of benzene rings is 1. The van der Waals surface area contributed by atoms with E-state index >= 15 is 0 Å². The molecule has 0 aliphatic heterocycles. The summed E-state index contributed by atoms with van der Waals surface area (Å²) in [5, 5.41) is 0. The quantitative estimate of drug-likeness (QED) is 0.710. The first-order valence-electron chi connectivity index (χ1n) is 6.08. The Labute approximate surface area is 96.6 Å². The highest BCUT2D eigenvalue weighted by Crippen LogP contribution is 2.24. The van der Waals surface area contributed by atoms with E-state index in [0.29, 0.717) is 12.5 Å². The Kier molecular flexibility index (Phi) is 3.97. The van der Waals surface area contributed by atoms with Crippen LogP contribution in [0.15, 0.2) is 24.3 Å². The van der Waals surface area contributed by atoms with Gasteiger partial charge in [0.1, 0.15) is 12.0 Å². The molecule has 0 spiro atoms. The Balaban J connectivity index is 1.94. The number of ether oxygens (including phenoxy) is 1. The smallest absolute Gasteiger partial charge is 0.120 e. The minimum atomic E-state index is 0.404. The standard InChI is InChI=1S/C14H18O2/c15-10-4-6-12-5-3-9-14(11-12)16-13-7-1-2-8-13/h3,5,9-11,13H,1-2,4,6-8H2. The number of aldehydes is 1. The van der Waals surface area contributed by atoms with E-state index in [1.165, 1.54) is 31.2 Å². The van der Waals surface area contributed by atoms with Crippen LogP contribution in [0, 0.1) is 0 Å². The zero-order valence-electron chi connectivity index (χ0n) is 9.52. The molecule has 1 aromatic carbocycles. The third kappa shape index (κ3) is 3.09. The Hall–Kier alpha value is -1.31. The van der Waals surface area contributed by atoms with Crippen molar-refractivity contribution in [1.29, 1.82) is 0 Å². The zero-order valence-corrected chi connectivity index (χ0v) is 9.52. The summed E-state index contributed by atoms with van der Waals surface area (Å²) in [5.41, 5.74) is 1.18. The summed E-state index contributed by atoms with van der Waals surface area (Å²) in [6, 6.07) is 8.11. The molecule has 2 rings (SSSR count). The SMILES string of the molecule is O=CCCc1cccc(OC2CCCC2)c1. The van der Waals surface area contributed by atoms with Gasteiger partial charge in [0.05, 0.1) is 6.10 Å². The van der Waals surface area contributed by atoms with E-state index in [2.05, 4.69) is 6.07 Å². The van der Waals surface area contributed by atoms with Crippen LogP contribution < -0.4 is 4.74 Å². The molecule has 0 unspecified atom stereocenters. The molecule has 86 valence electrons. The second-order valence-electron chi connectivity index (χ2n) is 4.38. The van der Waals surface area contributed by atoms with Gasteiger partial charge in [-0.3, -0.25) is 0 Å². The molecular weight excluding hydrogens is 200 g/mol. The van der Waals surface area contributed by atoms with Crippen LogP contribution in [0.4, 0.5) is 0 Å². The Bertz CT molecular complexity index is 340. The number of carbonyl (C=O) groups is 1. The van der Waals surface area contributed by atoms with E-state index in [4.69, 9.17) is 4.74 Å². The van der Waals surface area contributed by atoms with Crippen LogP contribution in [0.2, 0.25) is 0 Å². The van der Waals surface area contributed by atoms with Crippen LogP contribution >= 0.6 is 0 Å². The van der Waals surface area contributed by atoms with E-state index in [1.54, 1.807) is 0 Å². The lowest BCUT2D eigenvalue weighted by Gasteiger charge is -2.13. The van der Waals surface area contributed by atoms with Gasteiger partial charge in [0.25, 0.3) is 0 Å². The maximum atomic E-state index is 10.3. The lowest BCUT2D eigenvalue weighted by molar-refractivity contribution is -0.107. The molecule has 1 aliphatic carbocycles. The molecule has 0 amide bonds. The lowest BCUT2D eigenvalue weighted by Crippen LogP contribution is -2.10. The summed E-state index contributed by atoms with van der Waals surface area (Å²) in [7, 11) is 0. The third-order valence-corrected chi connectivity index (χ3v) is 3.05. The Morgan fingerprint density at radius 3 is 2.88 bits per heavy atom. The van der Waals surface area contributed by atoms with Gasteiger partial charge in [0.2, 0.25) is 0 Å². The minimum Gasteiger partial charge on any atom is -0.490 e. The monoisotopic (exact) mass is 218 g/mol. The molecule has 1 fully saturated rings. The van der Waals surface area contributed by atoms with Gasteiger partial charge < -0.3 is 9.53 Å². The van der Waals surface area contributed by atoms with E-state index in [9.17, 15) is 4.79 Å². The van der Waals surface area contributed by atoms with Gasteiger partial charge >= 0.3 is 0 Å². The second-order valence-corrected chi connectivity index (χ2v) is 4.38. The molecule has 2 nitrogen and oxygen atoms in total. The van der Waals surface area contributed by atoms with Crippen molar-refractivity contribution >= 4 is 6.29 Å². The first-order chi connectivity index (χ1) is 7.88. The first kappa shape index (κ1) is 11.2. The topological polar surface area (TPSA) is 26.3 Å². The van der Waals surface area contributed by atoms with Crippen LogP contribution in [-0.2, 0) is 11.2 Å². The predicted molar refractivity (Wildman–Crippen MR) is 63.7 cm³/mol. The van der Waals surface area contributed by atoms with E-state index < -0.39 is 0 Å². The van der Waals surface area contributed by atoms with Gasteiger partial charge in [0, 0.05) is 6.42 Å². The molecule has 0 aromatic heterocycles. The summed E-state index contributed by atoms with van der Waals surface area (Å²) in [4.78, 5) is 10.3. The highest BCUT2D eigenvalue weighted by atomic mass is 16.5. The van der Waals surface area contributed by atoms with Crippen LogP contribution in [0.1, 0.15) is 37.7 Å². The van der Waals surface area contributed by atoms with Crippen molar-refractivity contribution in [3.8, 4) is 5.75 Å². The fourth-order valence-corrected chi connectivity index (χ4v) is 2.20. The zero-order chi connectivity index (χ0) is 11.2. The minimum absolute atomic E-state index is 0.404. The molecule has 0 bridgehead atoms. The van der Waals surface area contributed by atoms with Gasteiger partial charge in [-0.1, -0.05) is 12.1 Å². The lowest BCUT2D eigenvalue weighted by atomic mass is 10.1. The molecule has 1 aliphatic rings. The molecular formula is C14H18O2. The van der Waals surface area contributed by atoms with E-state index in [1.807, 2.05) is 18.2 Å². The maximum Gasteiger partial charge on any atom is 0.120 e. The average Bonchev–Trinajstić information content (AvgIpc) is 2.80. The average molecular weight is 218 g/mol. The molecule has 2 heteroatoms. The van der Waals surface area contributed by atoms with Crippen molar-refractivity contribution in [2.24, 2.45) is 0 Å². The molecule has 0 radical (unpaired) electrons. The van der Waals surface area contributed by atoms with Crippen molar-refractivity contribution in [2.45, 2.75) is 44.6 Å². The van der Waals surface area contributed by atoms with Crippen molar-refractivity contribution in [3.63, 3.8) is 0 Å². The third-order valence-electron chi connectivity index (χ3n) is 3.05. The fourth-order valence-electron chi connectivity index (χ4n) is 2.20.